The van der Waals surface area contributed by atoms with Crippen LogP contribution in [0.3, 0.4) is 0 Å². The van der Waals surface area contributed by atoms with Crippen LogP contribution in [0.1, 0.15) is 32.0 Å². The van der Waals surface area contributed by atoms with Crippen molar-refractivity contribution >= 4 is 29.2 Å². The first kappa shape index (κ1) is 23.0. The Balaban J connectivity index is 1.45. The number of nitrogens with one attached hydrogen (secondary N) is 2. The number of benzene rings is 2. The number of hydrogen-bond donors (Lipinski definition) is 2. The molecule has 0 spiro atoms. The van der Waals surface area contributed by atoms with Crippen molar-refractivity contribution in [3.05, 3.63) is 100 Å². The second-order valence-electron chi connectivity index (χ2n) is 7.51. The molecule has 2 N–H and O–H groups in total. The van der Waals surface area contributed by atoms with Crippen LogP contribution in [0.15, 0.2) is 73.1 Å². The SMILES string of the molecule is Cc1c(Oc2ccnc(NC(=O)c3ccnn3C)c2)cccc1C(=O)NCc1cccc(Cl)c1. The number of pyridine rings is 1. The van der Waals surface area contributed by atoms with Gasteiger partial charge in [-0.25, -0.2) is 4.98 Å². The molecule has 0 fully saturated rings. The average Bonchev–Trinajstić information content (AvgIpc) is 3.25. The van der Waals surface area contributed by atoms with Crippen LogP contribution >= 0.6 is 11.6 Å². The zero-order valence-electron chi connectivity index (χ0n) is 18.6. The highest BCUT2D eigenvalue weighted by molar-refractivity contribution is 6.30. The van der Waals surface area contributed by atoms with Crippen molar-refractivity contribution < 1.29 is 14.3 Å². The Bertz CT molecular complexity index is 1350. The summed E-state index contributed by atoms with van der Waals surface area (Å²) in [4.78, 5) is 29.4. The molecule has 2 amide bonds. The number of rotatable bonds is 7. The molecule has 0 aliphatic heterocycles. The van der Waals surface area contributed by atoms with E-state index in [2.05, 4.69) is 20.7 Å². The highest BCUT2D eigenvalue weighted by atomic mass is 35.5. The molecular weight excluding hydrogens is 454 g/mol. The van der Waals surface area contributed by atoms with E-state index in [1.165, 1.54) is 10.9 Å². The van der Waals surface area contributed by atoms with E-state index >= 15 is 0 Å². The standard InChI is InChI=1S/C25H22ClN5O3/c1-16-20(24(32)28-15-17-5-3-6-18(26)13-17)7-4-8-22(16)34-19-9-11-27-23(14-19)30-25(33)21-10-12-29-31(21)2/h3-14H,15H2,1-2H3,(H,28,32)(H,27,30,33). The van der Waals surface area contributed by atoms with Crippen LogP contribution in [-0.4, -0.2) is 26.6 Å². The molecular formula is C25H22ClN5O3. The van der Waals surface area contributed by atoms with Crippen LogP contribution in [0.5, 0.6) is 11.5 Å². The van der Waals surface area contributed by atoms with Crippen LogP contribution in [0.4, 0.5) is 5.82 Å². The first-order valence-corrected chi connectivity index (χ1v) is 10.8. The minimum absolute atomic E-state index is 0.221. The fraction of sp³-hybridized carbons (Fsp3) is 0.120. The van der Waals surface area contributed by atoms with Gasteiger partial charge in [-0.3, -0.25) is 14.3 Å². The second-order valence-corrected chi connectivity index (χ2v) is 7.95. The van der Waals surface area contributed by atoms with Crippen molar-refractivity contribution in [1.82, 2.24) is 20.1 Å². The first-order chi connectivity index (χ1) is 16.4. The molecule has 4 aromatic rings. The summed E-state index contributed by atoms with van der Waals surface area (Å²) in [5, 5.41) is 10.2. The van der Waals surface area contributed by atoms with Gasteiger partial charge in [0.15, 0.2) is 0 Å². The molecule has 0 radical (unpaired) electrons. The van der Waals surface area contributed by atoms with E-state index in [-0.39, 0.29) is 11.8 Å². The monoisotopic (exact) mass is 475 g/mol. The summed E-state index contributed by atoms with van der Waals surface area (Å²) in [6.45, 7) is 2.17. The fourth-order valence-corrected chi connectivity index (χ4v) is 3.56. The summed E-state index contributed by atoms with van der Waals surface area (Å²) in [5.41, 5.74) is 2.49. The molecule has 0 unspecified atom stereocenters. The Labute approximate surface area is 201 Å². The molecule has 9 heteroatoms. The number of halogens is 1. The molecule has 34 heavy (non-hydrogen) atoms. The minimum atomic E-state index is -0.334. The Kier molecular flexibility index (Phi) is 6.89. The molecule has 0 saturated carbocycles. The number of aromatic nitrogens is 3. The number of ether oxygens (including phenoxy) is 1. The van der Waals surface area contributed by atoms with Gasteiger partial charge in [-0.1, -0.05) is 29.8 Å². The van der Waals surface area contributed by atoms with E-state index in [1.807, 2.05) is 25.1 Å². The molecule has 2 aromatic carbocycles. The predicted octanol–water partition coefficient (Wildman–Crippen LogP) is 4.75. The van der Waals surface area contributed by atoms with Crippen molar-refractivity contribution in [1.29, 1.82) is 0 Å². The Morgan fingerprint density at radius 2 is 1.85 bits per heavy atom. The normalized spacial score (nSPS) is 10.6. The highest BCUT2D eigenvalue weighted by Gasteiger charge is 2.14. The van der Waals surface area contributed by atoms with Crippen molar-refractivity contribution in [2.45, 2.75) is 13.5 Å². The van der Waals surface area contributed by atoms with Gasteiger partial charge >= 0.3 is 0 Å². The summed E-state index contributed by atoms with van der Waals surface area (Å²) in [5.74, 6) is 0.762. The maximum absolute atomic E-state index is 12.8. The number of amides is 2. The Morgan fingerprint density at radius 1 is 1.03 bits per heavy atom. The molecule has 0 saturated heterocycles. The van der Waals surface area contributed by atoms with E-state index in [4.69, 9.17) is 16.3 Å². The summed E-state index contributed by atoms with van der Waals surface area (Å²) in [6, 6.07) is 17.5. The largest absolute Gasteiger partial charge is 0.457 e. The maximum Gasteiger partial charge on any atom is 0.275 e. The van der Waals surface area contributed by atoms with Gasteiger partial charge in [0, 0.05) is 48.2 Å². The third-order valence-electron chi connectivity index (χ3n) is 5.13. The molecule has 0 aliphatic rings. The smallest absolute Gasteiger partial charge is 0.275 e. The van der Waals surface area contributed by atoms with Crippen LogP contribution in [0.25, 0.3) is 0 Å². The van der Waals surface area contributed by atoms with Gasteiger partial charge in [0.2, 0.25) is 0 Å². The van der Waals surface area contributed by atoms with Gasteiger partial charge in [0.05, 0.1) is 0 Å². The number of nitrogens with zero attached hydrogens (tertiary/aromatic N) is 3. The lowest BCUT2D eigenvalue weighted by atomic mass is 10.1. The van der Waals surface area contributed by atoms with Gasteiger partial charge < -0.3 is 15.4 Å². The van der Waals surface area contributed by atoms with Gasteiger partial charge in [-0.05, 0) is 48.9 Å². The quantitative estimate of drug-likeness (QED) is 0.402. The summed E-state index contributed by atoms with van der Waals surface area (Å²) in [7, 11) is 1.68. The number of anilines is 1. The molecule has 2 heterocycles. The van der Waals surface area contributed by atoms with E-state index in [0.717, 1.165) is 5.56 Å². The number of carbonyl (C=O) groups excluding carboxylic acids is 2. The highest BCUT2D eigenvalue weighted by Crippen LogP contribution is 2.28. The molecule has 2 aromatic heterocycles. The molecule has 4 rings (SSSR count). The van der Waals surface area contributed by atoms with Gasteiger partial charge in [-0.2, -0.15) is 5.10 Å². The summed E-state index contributed by atoms with van der Waals surface area (Å²) < 4.78 is 7.48. The molecule has 0 bridgehead atoms. The lowest BCUT2D eigenvalue weighted by Crippen LogP contribution is -2.23. The lowest BCUT2D eigenvalue weighted by Gasteiger charge is -2.13. The Hall–Kier alpha value is -4.17. The zero-order chi connectivity index (χ0) is 24.1. The third-order valence-corrected chi connectivity index (χ3v) is 5.36. The van der Waals surface area contributed by atoms with Gasteiger partial charge in [0.1, 0.15) is 23.0 Å². The van der Waals surface area contributed by atoms with Crippen molar-refractivity contribution in [3.8, 4) is 11.5 Å². The topological polar surface area (TPSA) is 98.1 Å². The van der Waals surface area contributed by atoms with Crippen LogP contribution in [0, 0.1) is 6.92 Å². The maximum atomic E-state index is 12.8. The van der Waals surface area contributed by atoms with Gasteiger partial charge in [-0.15, -0.1) is 0 Å². The van der Waals surface area contributed by atoms with E-state index in [1.54, 1.807) is 55.7 Å². The van der Waals surface area contributed by atoms with Crippen LogP contribution in [-0.2, 0) is 13.6 Å². The fourth-order valence-electron chi connectivity index (χ4n) is 3.34. The number of hydrogen-bond acceptors (Lipinski definition) is 5. The van der Waals surface area contributed by atoms with Crippen molar-refractivity contribution in [2.24, 2.45) is 7.05 Å². The average molecular weight is 476 g/mol. The minimum Gasteiger partial charge on any atom is -0.457 e. The molecule has 172 valence electrons. The van der Waals surface area contributed by atoms with E-state index in [0.29, 0.717) is 45.7 Å². The van der Waals surface area contributed by atoms with Crippen molar-refractivity contribution in [2.75, 3.05) is 5.32 Å². The van der Waals surface area contributed by atoms with Crippen LogP contribution in [0.2, 0.25) is 5.02 Å². The molecule has 8 nitrogen and oxygen atoms in total. The van der Waals surface area contributed by atoms with E-state index in [9.17, 15) is 9.59 Å². The molecule has 0 aliphatic carbocycles. The lowest BCUT2D eigenvalue weighted by molar-refractivity contribution is 0.0949. The Morgan fingerprint density at radius 3 is 2.62 bits per heavy atom. The van der Waals surface area contributed by atoms with Crippen LogP contribution < -0.4 is 15.4 Å². The first-order valence-electron chi connectivity index (χ1n) is 10.5. The van der Waals surface area contributed by atoms with Crippen molar-refractivity contribution in [3.63, 3.8) is 0 Å². The summed E-state index contributed by atoms with van der Waals surface area (Å²) >= 11 is 6.01. The third kappa shape index (κ3) is 5.41. The zero-order valence-corrected chi connectivity index (χ0v) is 19.3. The second kappa shape index (κ2) is 10.2. The molecule has 0 atom stereocenters. The summed E-state index contributed by atoms with van der Waals surface area (Å²) in [6.07, 6.45) is 3.08. The number of carbonyl (C=O) groups is 2. The van der Waals surface area contributed by atoms with Gasteiger partial charge in [0.25, 0.3) is 11.8 Å². The number of aryl methyl sites for hydroxylation is 1. The predicted molar refractivity (Wildman–Crippen MR) is 129 cm³/mol. The van der Waals surface area contributed by atoms with E-state index < -0.39 is 0 Å².